The smallest absolute Gasteiger partial charge is 0.357 e. The first kappa shape index (κ1) is 23.1. The van der Waals surface area contributed by atoms with Crippen LogP contribution in [0.4, 0.5) is 0 Å². The summed E-state index contributed by atoms with van der Waals surface area (Å²) in [4.78, 5) is 39.6. The van der Waals surface area contributed by atoms with Gasteiger partial charge in [0.05, 0.1) is 19.3 Å². The molecule has 3 N–H and O–H groups in total. The van der Waals surface area contributed by atoms with Gasteiger partial charge in [-0.15, -0.1) is 5.10 Å². The Bertz CT molecular complexity index is 1140. The Morgan fingerprint density at radius 3 is 2.74 bits per heavy atom. The number of benzene rings is 1. The second-order valence-corrected chi connectivity index (χ2v) is 8.32. The van der Waals surface area contributed by atoms with Gasteiger partial charge in [-0.1, -0.05) is 42.0 Å². The van der Waals surface area contributed by atoms with Gasteiger partial charge in [0.1, 0.15) is 18.5 Å². The van der Waals surface area contributed by atoms with Gasteiger partial charge in [-0.3, -0.25) is 9.59 Å². The van der Waals surface area contributed by atoms with Crippen LogP contribution in [0.25, 0.3) is 0 Å². The Kier molecular flexibility index (Phi) is 7.31. The average molecular weight is 466 g/mol. The molecule has 0 radical (unpaired) electrons. The van der Waals surface area contributed by atoms with Gasteiger partial charge in [0.25, 0.3) is 0 Å². The minimum Gasteiger partial charge on any atom is -0.476 e. The van der Waals surface area contributed by atoms with Gasteiger partial charge in [-0.05, 0) is 30.7 Å². The fourth-order valence-corrected chi connectivity index (χ4v) is 4.21. The summed E-state index contributed by atoms with van der Waals surface area (Å²) in [7, 11) is 0. The number of nitrogens with one attached hydrogen (secondary N) is 2. The molecule has 1 fully saturated rings. The van der Waals surface area contributed by atoms with E-state index in [-0.39, 0.29) is 54.9 Å². The summed E-state index contributed by atoms with van der Waals surface area (Å²) >= 11 is 0. The number of amides is 2. The van der Waals surface area contributed by atoms with Crippen molar-refractivity contribution in [2.75, 3.05) is 6.54 Å². The minimum atomic E-state index is -1.18. The van der Waals surface area contributed by atoms with E-state index < -0.39 is 5.97 Å². The molecule has 0 saturated heterocycles. The van der Waals surface area contributed by atoms with E-state index in [9.17, 15) is 14.4 Å². The van der Waals surface area contributed by atoms with Crippen LogP contribution < -0.4 is 10.6 Å². The van der Waals surface area contributed by atoms with Crippen molar-refractivity contribution in [3.05, 3.63) is 65.6 Å². The third kappa shape index (κ3) is 6.06. The Hall–Kier alpha value is -4.02. The number of hydrogen-bond donors (Lipinski definition) is 3. The lowest BCUT2D eigenvalue weighted by atomic mass is 9.89. The number of carboxylic acid groups (broad SMARTS) is 1. The van der Waals surface area contributed by atoms with Gasteiger partial charge in [0, 0.05) is 5.92 Å². The summed E-state index contributed by atoms with van der Waals surface area (Å²) in [6, 6.07) is 10.1. The zero-order valence-electron chi connectivity index (χ0n) is 18.5. The number of rotatable bonds is 10. The fourth-order valence-electron chi connectivity index (χ4n) is 4.21. The molecule has 1 aromatic carbocycles. The molecule has 0 spiro atoms. The van der Waals surface area contributed by atoms with Crippen LogP contribution in [-0.4, -0.2) is 49.4 Å². The molecule has 4 rings (SSSR count). The number of carbonyl (C=O) groups is 3. The minimum absolute atomic E-state index is 0.0776. The second-order valence-electron chi connectivity index (χ2n) is 8.32. The van der Waals surface area contributed by atoms with Crippen LogP contribution in [0, 0.1) is 11.8 Å². The number of aromatic nitrogens is 4. The number of oxazole rings is 1. The van der Waals surface area contributed by atoms with E-state index in [0.717, 1.165) is 31.9 Å². The van der Waals surface area contributed by atoms with Gasteiger partial charge in [0.2, 0.25) is 17.7 Å². The summed E-state index contributed by atoms with van der Waals surface area (Å²) < 4.78 is 6.51. The van der Waals surface area contributed by atoms with Crippen molar-refractivity contribution in [3.63, 3.8) is 0 Å². The van der Waals surface area contributed by atoms with Crippen LogP contribution in [0.1, 0.15) is 46.9 Å². The highest BCUT2D eigenvalue weighted by Crippen LogP contribution is 2.34. The molecule has 3 aromatic rings. The van der Waals surface area contributed by atoms with Crippen LogP contribution in [0.5, 0.6) is 0 Å². The van der Waals surface area contributed by atoms with E-state index in [1.807, 2.05) is 18.2 Å². The van der Waals surface area contributed by atoms with Gasteiger partial charge >= 0.3 is 5.97 Å². The zero-order valence-corrected chi connectivity index (χ0v) is 18.5. The molecule has 178 valence electrons. The summed E-state index contributed by atoms with van der Waals surface area (Å²) in [5.74, 6) is -1.19. The molecule has 2 heterocycles. The van der Waals surface area contributed by atoms with Crippen molar-refractivity contribution < 1.29 is 23.9 Å². The number of carboxylic acids is 1. The van der Waals surface area contributed by atoms with Crippen LogP contribution in [0.15, 0.2) is 47.2 Å². The predicted octanol–water partition coefficient (Wildman–Crippen LogP) is 1.40. The second kappa shape index (κ2) is 10.7. The summed E-state index contributed by atoms with van der Waals surface area (Å²) in [6.07, 6.45) is 6.39. The normalized spacial score (nSPS) is 17.4. The van der Waals surface area contributed by atoms with Crippen molar-refractivity contribution in [3.8, 4) is 0 Å². The molecule has 0 aliphatic heterocycles. The molecular weight excluding hydrogens is 440 g/mol. The van der Waals surface area contributed by atoms with Crippen LogP contribution in [0.2, 0.25) is 0 Å². The number of carbonyl (C=O) groups excluding carboxylic acids is 2. The SMILES string of the molecule is O=C(CNC(=O)C1CCCC1Cc1ccccc1)NCc1cn(Cc2nc(C(=O)O)co2)nn1. The molecule has 11 heteroatoms. The third-order valence-corrected chi connectivity index (χ3v) is 5.88. The maximum Gasteiger partial charge on any atom is 0.357 e. The van der Waals surface area contributed by atoms with Crippen LogP contribution >= 0.6 is 0 Å². The van der Waals surface area contributed by atoms with Gasteiger partial charge in [0.15, 0.2) is 5.69 Å². The first-order valence-corrected chi connectivity index (χ1v) is 11.1. The molecule has 1 saturated carbocycles. The molecule has 34 heavy (non-hydrogen) atoms. The number of aromatic carboxylic acids is 1. The Morgan fingerprint density at radius 2 is 1.97 bits per heavy atom. The van der Waals surface area contributed by atoms with Crippen molar-refractivity contribution in [2.24, 2.45) is 11.8 Å². The molecule has 11 nitrogen and oxygen atoms in total. The van der Waals surface area contributed by atoms with E-state index in [1.54, 1.807) is 6.20 Å². The van der Waals surface area contributed by atoms with Gasteiger partial charge in [-0.2, -0.15) is 0 Å². The lowest BCUT2D eigenvalue weighted by Gasteiger charge is -2.19. The number of hydrogen-bond acceptors (Lipinski definition) is 7. The molecule has 0 bridgehead atoms. The van der Waals surface area contributed by atoms with E-state index in [2.05, 4.69) is 38.1 Å². The molecular formula is C23H26N6O5. The van der Waals surface area contributed by atoms with Crippen LogP contribution in [0.3, 0.4) is 0 Å². The zero-order chi connectivity index (χ0) is 23.9. The summed E-state index contributed by atoms with van der Waals surface area (Å²) in [5, 5.41) is 22.2. The Morgan fingerprint density at radius 1 is 1.15 bits per heavy atom. The highest BCUT2D eigenvalue weighted by Gasteiger charge is 2.32. The average Bonchev–Trinajstić information content (AvgIpc) is 3.58. The van der Waals surface area contributed by atoms with E-state index in [0.29, 0.717) is 5.69 Å². The Balaban J connectivity index is 1.20. The lowest BCUT2D eigenvalue weighted by Crippen LogP contribution is -2.40. The highest BCUT2D eigenvalue weighted by atomic mass is 16.4. The summed E-state index contributed by atoms with van der Waals surface area (Å²) in [6.45, 7) is 0.145. The maximum absolute atomic E-state index is 12.7. The monoisotopic (exact) mass is 466 g/mol. The van der Waals surface area contributed by atoms with E-state index in [4.69, 9.17) is 9.52 Å². The molecule has 2 amide bonds. The largest absolute Gasteiger partial charge is 0.476 e. The fraction of sp³-hybridized carbons (Fsp3) is 0.391. The molecule has 1 aliphatic rings. The first-order chi connectivity index (χ1) is 16.5. The molecule has 2 aromatic heterocycles. The van der Waals surface area contributed by atoms with Crippen molar-refractivity contribution in [1.82, 2.24) is 30.6 Å². The van der Waals surface area contributed by atoms with Crippen molar-refractivity contribution in [2.45, 2.75) is 38.8 Å². The molecule has 1 aliphatic carbocycles. The van der Waals surface area contributed by atoms with Crippen molar-refractivity contribution in [1.29, 1.82) is 0 Å². The quantitative estimate of drug-likeness (QED) is 0.405. The maximum atomic E-state index is 12.7. The standard InChI is InChI=1S/C23H26N6O5/c30-20(11-25-22(31)18-8-4-7-16(18)9-15-5-2-1-3-6-15)24-10-17-12-29(28-27-17)13-21-26-19(14-34-21)23(32)33/h1-3,5-6,12,14,16,18H,4,7-11,13H2,(H,24,30)(H,25,31)(H,32,33). The van der Waals surface area contributed by atoms with Gasteiger partial charge < -0.3 is 20.2 Å². The predicted molar refractivity (Wildman–Crippen MR) is 118 cm³/mol. The molecule has 2 unspecified atom stereocenters. The van der Waals surface area contributed by atoms with Gasteiger partial charge in [-0.25, -0.2) is 14.5 Å². The Labute approximate surface area is 195 Å². The third-order valence-electron chi connectivity index (χ3n) is 5.88. The van der Waals surface area contributed by atoms with Crippen molar-refractivity contribution >= 4 is 17.8 Å². The summed E-state index contributed by atoms with van der Waals surface area (Å²) in [5.41, 5.74) is 1.54. The topological polar surface area (TPSA) is 152 Å². The van der Waals surface area contributed by atoms with Crippen LogP contribution in [-0.2, 0) is 29.1 Å². The van der Waals surface area contributed by atoms with E-state index in [1.165, 1.54) is 10.2 Å². The van der Waals surface area contributed by atoms with E-state index >= 15 is 0 Å². The lowest BCUT2D eigenvalue weighted by molar-refractivity contribution is -0.129. The highest BCUT2D eigenvalue weighted by molar-refractivity contribution is 5.86. The molecule has 2 atom stereocenters. The number of nitrogens with zero attached hydrogens (tertiary/aromatic N) is 4. The first-order valence-electron chi connectivity index (χ1n) is 11.1.